The first-order valence-electron chi connectivity index (χ1n) is 14.1. The third-order valence-electron chi connectivity index (χ3n) is 7.24. The van der Waals surface area contributed by atoms with Gasteiger partial charge in [-0.25, -0.2) is 19.7 Å². The minimum atomic E-state index is -5.16. The summed E-state index contributed by atoms with van der Waals surface area (Å²) in [5, 5.41) is 2.96. The van der Waals surface area contributed by atoms with Gasteiger partial charge in [0.1, 0.15) is 34.8 Å². The summed E-state index contributed by atoms with van der Waals surface area (Å²) < 4.78 is 46.0. The van der Waals surface area contributed by atoms with Crippen molar-refractivity contribution in [1.29, 1.82) is 0 Å². The molecular weight excluding hydrogens is 619 g/mol. The van der Waals surface area contributed by atoms with Gasteiger partial charge in [0.05, 0.1) is 11.9 Å². The zero-order valence-electron chi connectivity index (χ0n) is 25.5. The van der Waals surface area contributed by atoms with Crippen LogP contribution in [0.3, 0.4) is 0 Å². The summed E-state index contributed by atoms with van der Waals surface area (Å²) in [5.41, 5.74) is 5.98. The summed E-state index contributed by atoms with van der Waals surface area (Å²) in [6, 6.07) is 12.9. The largest absolute Gasteiger partial charge is 0.490 e. The van der Waals surface area contributed by atoms with Crippen LogP contribution in [0.4, 0.5) is 24.8 Å². The highest BCUT2D eigenvalue weighted by atomic mass is 19.4. The number of fused-ring (bicyclic) bond motifs is 1. The Bertz CT molecular complexity index is 2090. The Balaban J connectivity index is 1.46. The van der Waals surface area contributed by atoms with Crippen LogP contribution in [-0.2, 0) is 16.1 Å². The predicted octanol–water partition coefficient (Wildman–Crippen LogP) is 4.87. The highest BCUT2D eigenvalue weighted by Crippen LogP contribution is 2.34. The van der Waals surface area contributed by atoms with E-state index in [0.29, 0.717) is 27.9 Å². The highest BCUT2D eigenvalue weighted by Gasteiger charge is 2.44. The number of anilines is 2. The molecule has 5 aromatic rings. The first-order chi connectivity index (χ1) is 22.1. The number of aromatic nitrogens is 5. The predicted molar refractivity (Wildman–Crippen MR) is 166 cm³/mol. The minimum absolute atomic E-state index is 0.0848. The number of para-hydroxylation sites is 1. The zero-order chi connectivity index (χ0) is 34.3. The number of hydrogen-bond acceptors (Lipinski definition) is 9. The Morgan fingerprint density at radius 3 is 2.32 bits per heavy atom. The number of halogens is 3. The van der Waals surface area contributed by atoms with Crippen LogP contribution in [0.1, 0.15) is 47.2 Å². The molecule has 0 saturated carbocycles. The van der Waals surface area contributed by atoms with E-state index in [2.05, 4.69) is 20.3 Å². The van der Waals surface area contributed by atoms with Gasteiger partial charge >= 0.3 is 12.1 Å². The lowest BCUT2D eigenvalue weighted by atomic mass is 10.1. The van der Waals surface area contributed by atoms with Crippen molar-refractivity contribution >= 4 is 40.3 Å². The number of benzene rings is 1. The summed E-state index contributed by atoms with van der Waals surface area (Å²) in [6.45, 7) is 5.41. The second-order valence-corrected chi connectivity index (χ2v) is 11.3. The van der Waals surface area contributed by atoms with Crippen molar-refractivity contribution in [2.24, 2.45) is 0 Å². The lowest BCUT2D eigenvalue weighted by molar-refractivity contribution is -0.212. The van der Waals surface area contributed by atoms with E-state index >= 15 is 0 Å². The van der Waals surface area contributed by atoms with Crippen LogP contribution in [0.2, 0.25) is 0 Å². The van der Waals surface area contributed by atoms with Crippen molar-refractivity contribution in [1.82, 2.24) is 24.1 Å². The molecule has 0 atom stereocenters. The Morgan fingerprint density at radius 1 is 1.00 bits per heavy atom. The molecule has 4 heterocycles. The van der Waals surface area contributed by atoms with Crippen molar-refractivity contribution in [2.75, 3.05) is 11.1 Å². The monoisotopic (exact) mass is 647 g/mol. The fourth-order valence-corrected chi connectivity index (χ4v) is 5.16. The summed E-state index contributed by atoms with van der Waals surface area (Å²) in [7, 11) is 0. The highest BCUT2D eigenvalue weighted by molar-refractivity contribution is 6.06. The molecule has 3 N–H and O–H groups in total. The van der Waals surface area contributed by atoms with Gasteiger partial charge < -0.3 is 20.4 Å². The fraction of sp³-hybridized carbons (Fsp3) is 0.219. The van der Waals surface area contributed by atoms with Crippen LogP contribution in [0.25, 0.3) is 27.8 Å². The van der Waals surface area contributed by atoms with E-state index in [1.165, 1.54) is 54.6 Å². The average molecular weight is 648 g/mol. The molecular formula is C32H28F3N7O5. The van der Waals surface area contributed by atoms with Crippen LogP contribution < -0.4 is 16.6 Å². The standard InChI is InChI=1S/C32H28F3N7O5/c1-17-21(18(2)43)12-22(29(45)42(17)20-8-6-5-7-9-20)28(44)40-24-11-10-19(13-37-24)23-14-41(27-25(23)26(36)38-16-39-27)15-31(3,4)47-30(46)32(33,34)35/h5-14,16H,15H2,1-4H3,(H2,36,38,39)(H,37,40,44). The van der Waals surface area contributed by atoms with Crippen LogP contribution in [0, 0.1) is 6.92 Å². The molecule has 1 aromatic carbocycles. The van der Waals surface area contributed by atoms with Gasteiger partial charge in [-0.15, -0.1) is 0 Å². The van der Waals surface area contributed by atoms with Gasteiger partial charge in [-0.2, -0.15) is 13.2 Å². The number of nitrogens with two attached hydrogens (primary N) is 1. The molecule has 0 radical (unpaired) electrons. The number of alkyl halides is 3. The lowest BCUT2D eigenvalue weighted by Gasteiger charge is -2.26. The third-order valence-corrected chi connectivity index (χ3v) is 7.24. The number of carbonyl (C=O) groups is 3. The molecule has 0 bridgehead atoms. The maximum Gasteiger partial charge on any atom is 0.490 e. The van der Waals surface area contributed by atoms with Crippen molar-refractivity contribution in [2.45, 2.75) is 46.0 Å². The van der Waals surface area contributed by atoms with E-state index in [1.54, 1.807) is 49.5 Å². The van der Waals surface area contributed by atoms with Gasteiger partial charge in [0, 0.05) is 40.5 Å². The number of nitrogen functional groups attached to an aromatic ring is 1. The molecule has 1 amide bonds. The van der Waals surface area contributed by atoms with Gasteiger partial charge in [-0.05, 0) is 58.0 Å². The van der Waals surface area contributed by atoms with Crippen LogP contribution >= 0.6 is 0 Å². The molecule has 0 aliphatic heterocycles. The number of ether oxygens (including phenoxy) is 1. The Labute approximate surface area is 265 Å². The first-order valence-corrected chi connectivity index (χ1v) is 14.1. The van der Waals surface area contributed by atoms with Crippen molar-refractivity contribution in [3.8, 4) is 16.8 Å². The molecule has 0 unspecified atom stereocenters. The normalized spacial score (nSPS) is 11.8. The van der Waals surface area contributed by atoms with Gasteiger partial charge in [0.15, 0.2) is 5.78 Å². The number of pyridine rings is 2. The van der Waals surface area contributed by atoms with Crippen LogP contribution in [0.15, 0.2) is 72.0 Å². The SMILES string of the molecule is CC(=O)c1cc(C(=O)Nc2ccc(-c3cn(CC(C)(C)OC(=O)C(F)(F)F)c4ncnc(N)c34)cn2)c(=O)n(-c2ccccc2)c1C. The number of ketones is 1. The van der Waals surface area contributed by atoms with Gasteiger partial charge in [-0.1, -0.05) is 18.2 Å². The number of esters is 1. The van der Waals surface area contributed by atoms with Gasteiger partial charge in [0.25, 0.3) is 11.5 Å². The van der Waals surface area contributed by atoms with Gasteiger partial charge in [0.2, 0.25) is 0 Å². The minimum Gasteiger partial charge on any atom is -0.451 e. The van der Waals surface area contributed by atoms with Crippen molar-refractivity contribution in [3.05, 3.63) is 94.4 Å². The lowest BCUT2D eigenvalue weighted by Crippen LogP contribution is -2.38. The molecule has 5 rings (SSSR count). The Morgan fingerprint density at radius 2 is 1.70 bits per heavy atom. The number of nitrogens with zero attached hydrogens (tertiary/aromatic N) is 5. The van der Waals surface area contributed by atoms with E-state index in [0.717, 1.165) is 0 Å². The number of carbonyl (C=O) groups excluding carboxylic acids is 3. The number of hydrogen-bond donors (Lipinski definition) is 2. The van der Waals surface area contributed by atoms with Gasteiger partial charge in [-0.3, -0.25) is 19.0 Å². The Kier molecular flexibility index (Phi) is 8.41. The number of Topliss-reactive ketones (excluding diaryl/α,β-unsaturated/α-hetero) is 1. The molecule has 0 fully saturated rings. The number of amides is 1. The molecule has 0 spiro atoms. The van der Waals surface area contributed by atoms with E-state index in [1.807, 2.05) is 0 Å². The molecule has 12 nitrogen and oxygen atoms in total. The van der Waals surface area contributed by atoms with Crippen LogP contribution in [-0.4, -0.2) is 53.5 Å². The van der Waals surface area contributed by atoms with Crippen molar-refractivity contribution < 1.29 is 32.3 Å². The first kappa shape index (κ1) is 32.5. The topological polar surface area (TPSA) is 164 Å². The molecule has 47 heavy (non-hydrogen) atoms. The maximum atomic E-state index is 13.5. The second-order valence-electron chi connectivity index (χ2n) is 11.3. The summed E-state index contributed by atoms with van der Waals surface area (Å²) >= 11 is 0. The summed E-state index contributed by atoms with van der Waals surface area (Å²) in [4.78, 5) is 63.3. The van der Waals surface area contributed by atoms with Crippen LogP contribution in [0.5, 0.6) is 0 Å². The van der Waals surface area contributed by atoms with E-state index in [-0.39, 0.29) is 40.7 Å². The zero-order valence-corrected chi connectivity index (χ0v) is 25.5. The molecule has 0 aliphatic rings. The van der Waals surface area contributed by atoms with Crippen molar-refractivity contribution in [3.63, 3.8) is 0 Å². The third kappa shape index (κ3) is 6.59. The van der Waals surface area contributed by atoms with E-state index in [4.69, 9.17) is 10.5 Å². The average Bonchev–Trinajstić information content (AvgIpc) is 3.36. The molecule has 242 valence electrons. The molecule has 0 aliphatic carbocycles. The summed E-state index contributed by atoms with van der Waals surface area (Å²) in [6.07, 6.45) is -0.994. The second kappa shape index (κ2) is 12.2. The number of nitrogens with one attached hydrogen (secondary N) is 1. The Hall–Kier alpha value is -5.86. The summed E-state index contributed by atoms with van der Waals surface area (Å²) in [5.74, 6) is -3.26. The molecule has 4 aromatic heterocycles. The maximum absolute atomic E-state index is 13.5. The molecule has 0 saturated heterocycles. The number of rotatable bonds is 8. The smallest absolute Gasteiger partial charge is 0.451 e. The molecule has 15 heteroatoms. The quantitative estimate of drug-likeness (QED) is 0.177. The van der Waals surface area contributed by atoms with E-state index in [9.17, 15) is 32.3 Å². The van der Waals surface area contributed by atoms with E-state index < -0.39 is 29.2 Å². The fourth-order valence-electron chi connectivity index (χ4n) is 5.16.